The lowest BCUT2D eigenvalue weighted by molar-refractivity contribution is -0.131. The third-order valence-corrected chi connectivity index (χ3v) is 1.71. The van der Waals surface area contributed by atoms with E-state index in [0.29, 0.717) is 12.5 Å². The van der Waals surface area contributed by atoms with Crippen molar-refractivity contribution < 1.29 is 14.6 Å². The molecule has 1 N–H and O–H groups in total. The molecule has 0 aromatic rings. The zero-order chi connectivity index (χ0) is 8.10. The first-order valence-electron chi connectivity index (χ1n) is 3.78. The van der Waals surface area contributed by atoms with Gasteiger partial charge in [-0.2, -0.15) is 0 Å². The molecule has 0 spiro atoms. The van der Waals surface area contributed by atoms with Crippen LogP contribution in [0.2, 0.25) is 0 Å². The Morgan fingerprint density at radius 1 is 1.64 bits per heavy atom. The van der Waals surface area contributed by atoms with E-state index in [-0.39, 0.29) is 0 Å². The third kappa shape index (κ3) is 3.18. The fourth-order valence-electron chi connectivity index (χ4n) is 1.14. The van der Waals surface area contributed by atoms with Crippen molar-refractivity contribution in [3.63, 3.8) is 0 Å². The van der Waals surface area contributed by atoms with Crippen LogP contribution < -0.4 is 0 Å². The second-order valence-electron chi connectivity index (χ2n) is 2.67. The highest BCUT2D eigenvalue weighted by molar-refractivity contribution is 5.79. The molecule has 0 saturated carbocycles. The Bertz CT molecular complexity index is 157. The summed E-state index contributed by atoms with van der Waals surface area (Å²) in [6.07, 6.45) is 4.99. The summed E-state index contributed by atoms with van der Waals surface area (Å²) in [5.74, 6) is -0.574. The molecule has 0 radical (unpaired) electrons. The lowest BCUT2D eigenvalue weighted by Crippen LogP contribution is -2.15. The van der Waals surface area contributed by atoms with Crippen molar-refractivity contribution in [2.45, 2.75) is 12.8 Å². The van der Waals surface area contributed by atoms with Crippen molar-refractivity contribution in [3.05, 3.63) is 12.2 Å². The van der Waals surface area contributed by atoms with Gasteiger partial charge in [0.25, 0.3) is 0 Å². The van der Waals surface area contributed by atoms with Crippen LogP contribution in [-0.4, -0.2) is 24.3 Å². The maximum atomic E-state index is 10.1. The van der Waals surface area contributed by atoms with Gasteiger partial charge in [-0.3, -0.25) is 0 Å². The van der Waals surface area contributed by atoms with Gasteiger partial charge in [-0.1, -0.05) is 6.08 Å². The Hall–Kier alpha value is -0.830. The van der Waals surface area contributed by atoms with Crippen LogP contribution in [-0.2, 0) is 9.53 Å². The van der Waals surface area contributed by atoms with E-state index in [2.05, 4.69) is 0 Å². The van der Waals surface area contributed by atoms with E-state index < -0.39 is 5.97 Å². The molecule has 3 nitrogen and oxygen atoms in total. The first kappa shape index (κ1) is 8.27. The number of ether oxygens (including phenoxy) is 1. The molecule has 1 atom stereocenters. The van der Waals surface area contributed by atoms with Crippen LogP contribution in [0.4, 0.5) is 0 Å². The average Bonchev–Trinajstić information content (AvgIpc) is 2.03. The van der Waals surface area contributed by atoms with E-state index in [1.54, 1.807) is 6.08 Å². The lowest BCUT2D eigenvalue weighted by atomic mass is 10.0. The highest BCUT2D eigenvalue weighted by Gasteiger charge is 2.10. The van der Waals surface area contributed by atoms with Crippen LogP contribution >= 0.6 is 0 Å². The maximum Gasteiger partial charge on any atom is 0.327 e. The number of hydrogen-bond acceptors (Lipinski definition) is 2. The molecule has 62 valence electrons. The summed E-state index contributed by atoms with van der Waals surface area (Å²) in [5.41, 5.74) is 0. The molecule has 1 fully saturated rings. The SMILES string of the molecule is O=C(O)C=CC1CCCOC1. The molecule has 1 aliphatic heterocycles. The highest BCUT2D eigenvalue weighted by atomic mass is 16.5. The topological polar surface area (TPSA) is 46.5 Å². The molecule has 3 heteroatoms. The molecule has 1 heterocycles. The van der Waals surface area contributed by atoms with E-state index in [1.165, 1.54) is 6.08 Å². The molecule has 1 saturated heterocycles. The Labute approximate surface area is 65.7 Å². The fraction of sp³-hybridized carbons (Fsp3) is 0.625. The van der Waals surface area contributed by atoms with Crippen LogP contribution in [0.15, 0.2) is 12.2 Å². The number of carbonyl (C=O) groups is 1. The minimum Gasteiger partial charge on any atom is -0.478 e. The van der Waals surface area contributed by atoms with Gasteiger partial charge >= 0.3 is 5.97 Å². The van der Waals surface area contributed by atoms with E-state index in [1.807, 2.05) is 0 Å². The Morgan fingerprint density at radius 3 is 3.00 bits per heavy atom. The van der Waals surface area contributed by atoms with Crippen LogP contribution in [0.5, 0.6) is 0 Å². The molecular weight excluding hydrogens is 144 g/mol. The molecule has 0 aromatic carbocycles. The van der Waals surface area contributed by atoms with Gasteiger partial charge in [-0.15, -0.1) is 0 Å². The predicted octanol–water partition coefficient (Wildman–Crippen LogP) is 1.05. The van der Waals surface area contributed by atoms with Gasteiger partial charge in [-0.25, -0.2) is 4.79 Å². The van der Waals surface area contributed by atoms with E-state index in [4.69, 9.17) is 9.84 Å². The first-order valence-corrected chi connectivity index (χ1v) is 3.78. The Morgan fingerprint density at radius 2 is 2.45 bits per heavy atom. The average molecular weight is 156 g/mol. The monoisotopic (exact) mass is 156 g/mol. The smallest absolute Gasteiger partial charge is 0.327 e. The quantitative estimate of drug-likeness (QED) is 0.608. The van der Waals surface area contributed by atoms with Crippen LogP contribution in [0, 0.1) is 5.92 Å². The van der Waals surface area contributed by atoms with Gasteiger partial charge in [0.05, 0.1) is 6.61 Å². The zero-order valence-corrected chi connectivity index (χ0v) is 6.32. The minimum absolute atomic E-state index is 0.305. The molecule has 1 unspecified atom stereocenters. The number of aliphatic carboxylic acids is 1. The summed E-state index contributed by atoms with van der Waals surface area (Å²) in [5, 5.41) is 8.32. The number of rotatable bonds is 2. The highest BCUT2D eigenvalue weighted by Crippen LogP contribution is 2.14. The second-order valence-corrected chi connectivity index (χ2v) is 2.67. The third-order valence-electron chi connectivity index (χ3n) is 1.71. The van der Waals surface area contributed by atoms with Crippen molar-refractivity contribution in [2.24, 2.45) is 5.92 Å². The van der Waals surface area contributed by atoms with Gasteiger partial charge in [0.15, 0.2) is 0 Å². The summed E-state index contributed by atoms with van der Waals surface area (Å²) >= 11 is 0. The first-order chi connectivity index (χ1) is 5.29. The van der Waals surface area contributed by atoms with Crippen LogP contribution in [0.3, 0.4) is 0 Å². The molecule has 1 rings (SSSR count). The van der Waals surface area contributed by atoms with E-state index in [0.717, 1.165) is 19.4 Å². The summed E-state index contributed by atoms with van der Waals surface area (Å²) in [6, 6.07) is 0. The van der Waals surface area contributed by atoms with Gasteiger partial charge in [-0.05, 0) is 12.8 Å². The Balaban J connectivity index is 2.29. The van der Waals surface area contributed by atoms with Crippen molar-refractivity contribution in [3.8, 4) is 0 Å². The summed E-state index contributed by atoms with van der Waals surface area (Å²) in [6.45, 7) is 1.49. The fourth-order valence-corrected chi connectivity index (χ4v) is 1.14. The maximum absolute atomic E-state index is 10.1. The zero-order valence-electron chi connectivity index (χ0n) is 6.32. The van der Waals surface area contributed by atoms with E-state index in [9.17, 15) is 4.79 Å². The van der Waals surface area contributed by atoms with Gasteiger partial charge in [0.1, 0.15) is 0 Å². The standard InChI is InChI=1S/C8H12O3/c9-8(10)4-3-7-2-1-5-11-6-7/h3-4,7H,1-2,5-6H2,(H,9,10). The number of carboxylic acid groups (broad SMARTS) is 1. The van der Waals surface area contributed by atoms with Gasteiger partial charge in [0, 0.05) is 18.6 Å². The lowest BCUT2D eigenvalue weighted by Gasteiger charge is -2.18. The predicted molar refractivity (Wildman–Crippen MR) is 40.3 cm³/mol. The summed E-state index contributed by atoms with van der Waals surface area (Å²) < 4.78 is 5.17. The number of carboxylic acids is 1. The van der Waals surface area contributed by atoms with Gasteiger partial charge in [0.2, 0.25) is 0 Å². The van der Waals surface area contributed by atoms with Crippen molar-refractivity contribution in [1.29, 1.82) is 0 Å². The van der Waals surface area contributed by atoms with Gasteiger partial charge < -0.3 is 9.84 Å². The van der Waals surface area contributed by atoms with Crippen molar-refractivity contribution >= 4 is 5.97 Å². The molecule has 1 aliphatic rings. The molecule has 0 aromatic heterocycles. The molecule has 0 amide bonds. The molecule has 11 heavy (non-hydrogen) atoms. The number of hydrogen-bond donors (Lipinski definition) is 1. The normalized spacial score (nSPS) is 25.6. The van der Waals surface area contributed by atoms with Crippen LogP contribution in [0.1, 0.15) is 12.8 Å². The second kappa shape index (κ2) is 4.13. The van der Waals surface area contributed by atoms with Crippen LogP contribution in [0.25, 0.3) is 0 Å². The van der Waals surface area contributed by atoms with Crippen molar-refractivity contribution in [2.75, 3.05) is 13.2 Å². The molecule has 0 aliphatic carbocycles. The summed E-state index contributed by atoms with van der Waals surface area (Å²) in [7, 11) is 0. The molecule has 0 bridgehead atoms. The minimum atomic E-state index is -0.879. The summed E-state index contributed by atoms with van der Waals surface area (Å²) in [4.78, 5) is 10.1. The Kier molecular flexibility index (Phi) is 3.11. The van der Waals surface area contributed by atoms with E-state index >= 15 is 0 Å². The largest absolute Gasteiger partial charge is 0.478 e. The molecular formula is C8H12O3. The van der Waals surface area contributed by atoms with Crippen molar-refractivity contribution in [1.82, 2.24) is 0 Å².